The van der Waals surface area contributed by atoms with Gasteiger partial charge in [-0.05, 0) is 25.3 Å². The monoisotopic (exact) mass is 325 g/mol. The number of benzene rings is 1. The quantitative estimate of drug-likeness (QED) is 0.868. The van der Waals surface area contributed by atoms with Crippen molar-refractivity contribution < 1.29 is 0 Å². The van der Waals surface area contributed by atoms with Gasteiger partial charge in [-0.2, -0.15) is 0 Å². The van der Waals surface area contributed by atoms with Crippen molar-refractivity contribution in [1.29, 1.82) is 0 Å². The van der Waals surface area contributed by atoms with Crippen molar-refractivity contribution >= 4 is 5.95 Å². The second-order valence-electron chi connectivity index (χ2n) is 7.64. The fraction of sp³-hybridized carbons (Fsp3) is 0.500. The minimum Gasteiger partial charge on any atom is -0.345 e. The Morgan fingerprint density at radius 1 is 1.33 bits per heavy atom. The SMILES string of the molecule is CCCN(C)c1nc2c(c(=O)n1C)C(C)(C)Cc1cc(C)ccc1-2. The van der Waals surface area contributed by atoms with Crippen molar-refractivity contribution in [2.75, 3.05) is 18.5 Å². The van der Waals surface area contributed by atoms with Crippen LogP contribution in [-0.2, 0) is 18.9 Å². The van der Waals surface area contributed by atoms with Crippen LogP contribution in [0.2, 0.25) is 0 Å². The largest absolute Gasteiger partial charge is 0.345 e. The van der Waals surface area contributed by atoms with Crippen molar-refractivity contribution in [3.05, 3.63) is 45.2 Å². The molecule has 3 rings (SSSR count). The van der Waals surface area contributed by atoms with Crippen LogP contribution in [0.4, 0.5) is 5.95 Å². The number of anilines is 1. The van der Waals surface area contributed by atoms with Crippen LogP contribution in [-0.4, -0.2) is 23.1 Å². The van der Waals surface area contributed by atoms with Gasteiger partial charge in [0.15, 0.2) is 0 Å². The lowest BCUT2D eigenvalue weighted by molar-refractivity contribution is 0.500. The van der Waals surface area contributed by atoms with Crippen LogP contribution in [0.3, 0.4) is 0 Å². The lowest BCUT2D eigenvalue weighted by Crippen LogP contribution is -2.39. The van der Waals surface area contributed by atoms with Crippen LogP contribution in [0.1, 0.15) is 43.9 Å². The molecule has 0 amide bonds. The van der Waals surface area contributed by atoms with Gasteiger partial charge in [0, 0.05) is 37.2 Å². The van der Waals surface area contributed by atoms with E-state index in [9.17, 15) is 4.79 Å². The molecule has 4 nitrogen and oxygen atoms in total. The minimum atomic E-state index is -0.209. The number of hydrogen-bond acceptors (Lipinski definition) is 3. The van der Waals surface area contributed by atoms with Crippen LogP contribution in [0.5, 0.6) is 0 Å². The first-order chi connectivity index (χ1) is 11.3. The summed E-state index contributed by atoms with van der Waals surface area (Å²) >= 11 is 0. The molecule has 0 radical (unpaired) electrons. The Kier molecular flexibility index (Phi) is 4.02. The van der Waals surface area contributed by atoms with Crippen molar-refractivity contribution in [1.82, 2.24) is 9.55 Å². The molecule has 2 aromatic rings. The Morgan fingerprint density at radius 2 is 2.04 bits per heavy atom. The predicted octanol–water partition coefficient (Wildman–Crippen LogP) is 3.44. The highest BCUT2D eigenvalue weighted by atomic mass is 16.1. The van der Waals surface area contributed by atoms with Gasteiger partial charge in [0.25, 0.3) is 5.56 Å². The van der Waals surface area contributed by atoms with E-state index in [-0.39, 0.29) is 11.0 Å². The molecule has 0 spiro atoms. The molecule has 1 heterocycles. The first kappa shape index (κ1) is 16.7. The average Bonchev–Trinajstić information content (AvgIpc) is 2.49. The van der Waals surface area contributed by atoms with Gasteiger partial charge >= 0.3 is 0 Å². The molecule has 0 aliphatic heterocycles. The number of aromatic nitrogens is 2. The lowest BCUT2D eigenvalue weighted by atomic mass is 9.72. The molecule has 0 bridgehead atoms. The molecule has 4 heteroatoms. The van der Waals surface area contributed by atoms with Gasteiger partial charge in [-0.25, -0.2) is 4.98 Å². The van der Waals surface area contributed by atoms with Gasteiger partial charge in [-0.3, -0.25) is 9.36 Å². The van der Waals surface area contributed by atoms with Crippen molar-refractivity contribution in [3.63, 3.8) is 0 Å². The maximum Gasteiger partial charge on any atom is 0.259 e. The summed E-state index contributed by atoms with van der Waals surface area (Å²) in [6.07, 6.45) is 1.89. The normalized spacial score (nSPS) is 14.9. The average molecular weight is 325 g/mol. The molecule has 0 N–H and O–H groups in total. The van der Waals surface area contributed by atoms with E-state index in [1.165, 1.54) is 11.1 Å². The smallest absolute Gasteiger partial charge is 0.259 e. The summed E-state index contributed by atoms with van der Waals surface area (Å²) in [6.45, 7) is 9.42. The van der Waals surface area contributed by atoms with E-state index in [1.807, 2.05) is 14.1 Å². The number of rotatable bonds is 3. The van der Waals surface area contributed by atoms with Crippen LogP contribution >= 0.6 is 0 Å². The standard InChI is InChI=1S/C20H27N3O/c1-7-10-22(5)19-21-17-15-9-8-13(2)11-14(15)12-20(3,4)16(17)18(24)23(19)6/h8-9,11H,7,10,12H2,1-6H3. The van der Waals surface area contributed by atoms with Crippen molar-refractivity contribution in [2.24, 2.45) is 7.05 Å². The second kappa shape index (κ2) is 5.76. The lowest BCUT2D eigenvalue weighted by Gasteiger charge is -2.34. The second-order valence-corrected chi connectivity index (χ2v) is 7.64. The molecule has 1 aliphatic carbocycles. The zero-order valence-corrected chi connectivity index (χ0v) is 15.6. The Labute approximate surface area is 144 Å². The third kappa shape index (κ3) is 2.54. The summed E-state index contributed by atoms with van der Waals surface area (Å²) in [6, 6.07) is 6.46. The van der Waals surface area contributed by atoms with Crippen molar-refractivity contribution in [3.8, 4) is 11.3 Å². The van der Waals surface area contributed by atoms with Crippen LogP contribution in [0.25, 0.3) is 11.3 Å². The van der Waals surface area contributed by atoms with Gasteiger partial charge in [-0.1, -0.05) is 44.5 Å². The summed E-state index contributed by atoms with van der Waals surface area (Å²) in [7, 11) is 3.83. The number of hydrogen-bond donors (Lipinski definition) is 0. The van der Waals surface area contributed by atoms with E-state index >= 15 is 0 Å². The Hall–Kier alpha value is -2.10. The van der Waals surface area contributed by atoms with E-state index in [1.54, 1.807) is 4.57 Å². The number of aryl methyl sites for hydroxylation is 1. The molecule has 0 fully saturated rings. The van der Waals surface area contributed by atoms with E-state index in [0.29, 0.717) is 0 Å². The zero-order chi connectivity index (χ0) is 17.6. The van der Waals surface area contributed by atoms with E-state index in [2.05, 4.69) is 50.8 Å². The van der Waals surface area contributed by atoms with Crippen molar-refractivity contribution in [2.45, 2.75) is 46.0 Å². The minimum absolute atomic E-state index is 0.0779. The van der Waals surface area contributed by atoms with Gasteiger partial charge in [0.2, 0.25) is 5.95 Å². The summed E-state index contributed by atoms with van der Waals surface area (Å²) in [5, 5.41) is 0. The molecule has 24 heavy (non-hydrogen) atoms. The molecule has 0 saturated heterocycles. The maximum absolute atomic E-state index is 13.1. The predicted molar refractivity (Wildman–Crippen MR) is 99.9 cm³/mol. The highest BCUT2D eigenvalue weighted by molar-refractivity contribution is 5.72. The van der Waals surface area contributed by atoms with Crippen LogP contribution in [0, 0.1) is 6.92 Å². The highest BCUT2D eigenvalue weighted by Crippen LogP contribution is 2.41. The van der Waals surface area contributed by atoms with Gasteiger partial charge in [0.1, 0.15) is 0 Å². The summed E-state index contributed by atoms with van der Waals surface area (Å²) in [4.78, 5) is 20.1. The fourth-order valence-electron chi connectivity index (χ4n) is 3.84. The topological polar surface area (TPSA) is 38.1 Å². The van der Waals surface area contributed by atoms with E-state index in [0.717, 1.165) is 42.2 Å². The summed E-state index contributed by atoms with van der Waals surface area (Å²) in [5.41, 5.74) is 5.22. The van der Waals surface area contributed by atoms with Gasteiger partial charge in [0.05, 0.1) is 5.69 Å². The third-order valence-corrected chi connectivity index (χ3v) is 4.99. The molecular weight excluding hydrogens is 298 g/mol. The molecule has 0 atom stereocenters. The third-order valence-electron chi connectivity index (χ3n) is 4.99. The first-order valence-corrected chi connectivity index (χ1v) is 8.69. The number of nitrogens with zero attached hydrogens (tertiary/aromatic N) is 3. The molecule has 0 unspecified atom stereocenters. The highest BCUT2D eigenvalue weighted by Gasteiger charge is 2.36. The van der Waals surface area contributed by atoms with E-state index in [4.69, 9.17) is 4.98 Å². The van der Waals surface area contributed by atoms with Crippen LogP contribution in [0.15, 0.2) is 23.0 Å². The molecule has 128 valence electrons. The Morgan fingerprint density at radius 3 is 2.71 bits per heavy atom. The number of fused-ring (bicyclic) bond motifs is 3. The summed E-state index contributed by atoms with van der Waals surface area (Å²) in [5.74, 6) is 0.741. The first-order valence-electron chi connectivity index (χ1n) is 8.69. The van der Waals surface area contributed by atoms with Crippen LogP contribution < -0.4 is 10.5 Å². The molecule has 0 saturated carbocycles. The molecular formula is C20H27N3O. The van der Waals surface area contributed by atoms with Gasteiger partial charge < -0.3 is 4.90 Å². The van der Waals surface area contributed by atoms with Gasteiger partial charge in [-0.15, -0.1) is 0 Å². The zero-order valence-electron chi connectivity index (χ0n) is 15.6. The fourth-order valence-corrected chi connectivity index (χ4v) is 3.84. The molecule has 1 aromatic heterocycles. The maximum atomic E-state index is 13.1. The molecule has 1 aliphatic rings. The Balaban J connectivity index is 2.32. The molecule has 1 aromatic carbocycles. The Bertz CT molecular complexity index is 849. The summed E-state index contributed by atoms with van der Waals surface area (Å²) < 4.78 is 1.70. The van der Waals surface area contributed by atoms with E-state index < -0.39 is 0 Å².